The fraction of sp³-hybridized carbons (Fsp3) is 0.364. The number of nitrogens with zero attached hydrogens (tertiary/aromatic N) is 4. The number of hydrogen-bond donors (Lipinski definition) is 0. The van der Waals surface area contributed by atoms with Crippen LogP contribution in [-0.4, -0.2) is 55.4 Å². The van der Waals surface area contributed by atoms with Gasteiger partial charge in [0.25, 0.3) is 0 Å². The highest BCUT2D eigenvalue weighted by Gasteiger charge is 2.19. The number of methoxy groups -OCH3 is 2. The first-order valence-electron chi connectivity index (χ1n) is 9.94. The van der Waals surface area contributed by atoms with Crippen molar-refractivity contribution in [2.45, 2.75) is 13.0 Å². The molecule has 0 amide bonds. The van der Waals surface area contributed by atoms with Crippen molar-refractivity contribution in [2.24, 2.45) is 0 Å². The molecule has 7 nitrogen and oxygen atoms in total. The third-order valence-corrected chi connectivity index (χ3v) is 5.26. The van der Waals surface area contributed by atoms with Crippen molar-refractivity contribution in [1.82, 2.24) is 15.0 Å². The highest BCUT2D eigenvalue weighted by molar-refractivity contribution is 5.65. The van der Waals surface area contributed by atoms with Crippen LogP contribution in [0.15, 0.2) is 47.0 Å². The van der Waals surface area contributed by atoms with Crippen LogP contribution in [0.1, 0.15) is 12.3 Å². The zero-order chi connectivity index (χ0) is 20.9. The molecule has 1 fully saturated rings. The van der Waals surface area contributed by atoms with Gasteiger partial charge in [-0.2, -0.15) is 4.98 Å². The Hall–Kier alpha value is -3.13. The van der Waals surface area contributed by atoms with E-state index in [-0.39, 0.29) is 5.82 Å². The number of anilines is 1. The molecule has 0 saturated carbocycles. The molecule has 0 atom stereocenters. The third kappa shape index (κ3) is 4.54. The zero-order valence-electron chi connectivity index (χ0n) is 17.2. The van der Waals surface area contributed by atoms with Crippen LogP contribution in [0, 0.1) is 5.82 Å². The van der Waals surface area contributed by atoms with Crippen LogP contribution in [0.5, 0.6) is 11.5 Å². The van der Waals surface area contributed by atoms with E-state index in [1.807, 2.05) is 24.3 Å². The predicted octanol–water partition coefficient (Wildman–Crippen LogP) is 3.61. The molecule has 4 rings (SSSR count). The lowest BCUT2D eigenvalue weighted by Gasteiger charge is -2.23. The summed E-state index contributed by atoms with van der Waals surface area (Å²) >= 11 is 0. The van der Waals surface area contributed by atoms with E-state index in [2.05, 4.69) is 19.9 Å². The summed E-state index contributed by atoms with van der Waals surface area (Å²) in [4.78, 5) is 9.14. The maximum atomic E-state index is 13.2. The maximum Gasteiger partial charge on any atom is 0.241 e. The molecule has 30 heavy (non-hydrogen) atoms. The van der Waals surface area contributed by atoms with Crippen molar-refractivity contribution in [3.8, 4) is 22.9 Å². The van der Waals surface area contributed by atoms with E-state index in [9.17, 15) is 4.39 Å². The van der Waals surface area contributed by atoms with Gasteiger partial charge < -0.3 is 18.9 Å². The second-order valence-corrected chi connectivity index (χ2v) is 7.17. The molecule has 1 saturated heterocycles. The van der Waals surface area contributed by atoms with E-state index in [0.717, 1.165) is 43.9 Å². The Morgan fingerprint density at radius 3 is 2.60 bits per heavy atom. The van der Waals surface area contributed by atoms with Crippen LogP contribution in [0.4, 0.5) is 10.1 Å². The average molecular weight is 412 g/mol. The van der Waals surface area contributed by atoms with E-state index in [1.165, 1.54) is 12.1 Å². The van der Waals surface area contributed by atoms with Gasteiger partial charge >= 0.3 is 0 Å². The van der Waals surface area contributed by atoms with Crippen molar-refractivity contribution in [1.29, 1.82) is 0 Å². The standard InChI is InChI=1S/C22H25FN4O3/c1-28-18-8-9-19(20(14-18)29-2)22-24-21(30-25-22)15-26-10-3-11-27(13-12-26)17-6-4-16(23)5-7-17/h4-9,14H,3,10-13,15H2,1-2H3. The topological polar surface area (TPSA) is 63.9 Å². The van der Waals surface area contributed by atoms with Crippen molar-refractivity contribution in [2.75, 3.05) is 45.3 Å². The summed E-state index contributed by atoms with van der Waals surface area (Å²) in [7, 11) is 3.21. The summed E-state index contributed by atoms with van der Waals surface area (Å²) in [6.45, 7) is 4.17. The molecule has 158 valence electrons. The van der Waals surface area contributed by atoms with E-state index in [0.29, 0.717) is 29.8 Å². The van der Waals surface area contributed by atoms with Gasteiger partial charge in [-0.15, -0.1) is 0 Å². The van der Waals surface area contributed by atoms with Gasteiger partial charge in [0.2, 0.25) is 11.7 Å². The zero-order valence-corrected chi connectivity index (χ0v) is 17.2. The molecular formula is C22H25FN4O3. The second-order valence-electron chi connectivity index (χ2n) is 7.17. The van der Waals surface area contributed by atoms with Crippen LogP contribution in [0.2, 0.25) is 0 Å². The van der Waals surface area contributed by atoms with Crippen LogP contribution >= 0.6 is 0 Å². The molecule has 3 aromatic rings. The van der Waals surface area contributed by atoms with Gasteiger partial charge in [-0.1, -0.05) is 5.16 Å². The number of hydrogen-bond acceptors (Lipinski definition) is 7. The lowest BCUT2D eigenvalue weighted by atomic mass is 10.2. The molecule has 2 aromatic carbocycles. The van der Waals surface area contributed by atoms with E-state index in [4.69, 9.17) is 14.0 Å². The van der Waals surface area contributed by atoms with Gasteiger partial charge in [-0.3, -0.25) is 4.90 Å². The minimum Gasteiger partial charge on any atom is -0.497 e. The van der Waals surface area contributed by atoms with Gasteiger partial charge in [-0.25, -0.2) is 4.39 Å². The highest BCUT2D eigenvalue weighted by atomic mass is 19.1. The maximum absolute atomic E-state index is 13.2. The van der Waals surface area contributed by atoms with Crippen molar-refractivity contribution in [3.63, 3.8) is 0 Å². The number of ether oxygens (including phenoxy) is 2. The fourth-order valence-corrected chi connectivity index (χ4v) is 3.64. The van der Waals surface area contributed by atoms with Crippen LogP contribution in [0.25, 0.3) is 11.4 Å². The Morgan fingerprint density at radius 2 is 1.83 bits per heavy atom. The Bertz CT molecular complexity index is 977. The SMILES string of the molecule is COc1ccc(-c2noc(CN3CCCN(c4ccc(F)cc4)CC3)n2)c(OC)c1. The van der Waals surface area contributed by atoms with Gasteiger partial charge in [0, 0.05) is 37.9 Å². The first-order valence-corrected chi connectivity index (χ1v) is 9.94. The van der Waals surface area contributed by atoms with Crippen LogP contribution in [-0.2, 0) is 6.54 Å². The molecule has 2 heterocycles. The molecular weight excluding hydrogens is 387 g/mol. The number of halogens is 1. The minimum absolute atomic E-state index is 0.212. The van der Waals surface area contributed by atoms with Crippen molar-refractivity contribution in [3.05, 3.63) is 54.2 Å². The molecule has 1 aliphatic rings. The average Bonchev–Trinajstić information content (AvgIpc) is 3.11. The van der Waals surface area contributed by atoms with E-state index in [1.54, 1.807) is 20.3 Å². The molecule has 0 aliphatic carbocycles. The summed E-state index contributed by atoms with van der Waals surface area (Å²) in [5.41, 5.74) is 1.80. The first kappa shape index (κ1) is 20.2. The van der Waals surface area contributed by atoms with Gasteiger partial charge in [-0.05, 0) is 42.8 Å². The van der Waals surface area contributed by atoms with Crippen molar-refractivity contribution >= 4 is 5.69 Å². The molecule has 8 heteroatoms. The monoisotopic (exact) mass is 412 g/mol. The number of rotatable bonds is 6. The lowest BCUT2D eigenvalue weighted by molar-refractivity contribution is 0.239. The number of aromatic nitrogens is 2. The van der Waals surface area contributed by atoms with E-state index >= 15 is 0 Å². The Balaban J connectivity index is 1.41. The molecule has 0 N–H and O–H groups in total. The summed E-state index contributed by atoms with van der Waals surface area (Å²) < 4.78 is 29.4. The largest absolute Gasteiger partial charge is 0.497 e. The third-order valence-electron chi connectivity index (χ3n) is 5.26. The van der Waals surface area contributed by atoms with Crippen molar-refractivity contribution < 1.29 is 18.4 Å². The minimum atomic E-state index is -0.212. The summed E-state index contributed by atoms with van der Waals surface area (Å²) in [6, 6.07) is 12.2. The Kier molecular flexibility index (Phi) is 6.13. The molecule has 0 unspecified atom stereocenters. The predicted molar refractivity (Wildman–Crippen MR) is 111 cm³/mol. The van der Waals surface area contributed by atoms with Crippen LogP contribution < -0.4 is 14.4 Å². The summed E-state index contributed by atoms with van der Waals surface area (Å²) in [5.74, 6) is 2.18. The normalized spacial score (nSPS) is 15.1. The fourth-order valence-electron chi connectivity index (χ4n) is 3.64. The molecule has 0 bridgehead atoms. The molecule has 0 radical (unpaired) electrons. The first-order chi connectivity index (χ1) is 14.7. The van der Waals surface area contributed by atoms with Gasteiger partial charge in [0.05, 0.1) is 26.3 Å². The van der Waals surface area contributed by atoms with Crippen LogP contribution in [0.3, 0.4) is 0 Å². The highest BCUT2D eigenvalue weighted by Crippen LogP contribution is 2.31. The molecule has 1 aliphatic heterocycles. The van der Waals surface area contributed by atoms with Gasteiger partial charge in [0.1, 0.15) is 17.3 Å². The summed E-state index contributed by atoms with van der Waals surface area (Å²) in [6.07, 6.45) is 1.00. The van der Waals surface area contributed by atoms with Gasteiger partial charge in [0.15, 0.2) is 0 Å². The van der Waals surface area contributed by atoms with E-state index < -0.39 is 0 Å². The quantitative estimate of drug-likeness (QED) is 0.613. The Labute approximate surface area is 175 Å². The summed E-state index contributed by atoms with van der Waals surface area (Å²) in [5, 5.41) is 4.13. The Morgan fingerprint density at radius 1 is 1.00 bits per heavy atom. The lowest BCUT2D eigenvalue weighted by Crippen LogP contribution is -2.30. The second kappa shape index (κ2) is 9.13. The smallest absolute Gasteiger partial charge is 0.241 e. The molecule has 1 aromatic heterocycles. The molecule has 0 spiro atoms. The number of benzene rings is 2.